The molecule has 0 bridgehead atoms. The van der Waals surface area contributed by atoms with Crippen LogP contribution in [0.15, 0.2) is 5.38 Å². The van der Waals surface area contributed by atoms with Gasteiger partial charge in [-0.2, -0.15) is 0 Å². The summed E-state index contributed by atoms with van der Waals surface area (Å²) in [4.78, 5) is 17.9. The van der Waals surface area contributed by atoms with Gasteiger partial charge in [0.1, 0.15) is 11.1 Å². The van der Waals surface area contributed by atoms with E-state index in [4.69, 9.17) is 4.74 Å². The molecule has 0 radical (unpaired) electrons. The Kier molecular flexibility index (Phi) is 4.09. The van der Waals surface area contributed by atoms with Crippen LogP contribution < -0.4 is 0 Å². The summed E-state index contributed by atoms with van der Waals surface area (Å²) < 4.78 is 10.3. The van der Waals surface area contributed by atoms with Crippen molar-refractivity contribution in [1.29, 1.82) is 0 Å². The Bertz CT molecular complexity index is 394. The Morgan fingerprint density at radius 1 is 1.76 bits per heavy atom. The van der Waals surface area contributed by atoms with Crippen molar-refractivity contribution in [3.8, 4) is 0 Å². The van der Waals surface area contributed by atoms with Crippen LogP contribution in [0, 0.1) is 0 Å². The largest absolute Gasteiger partial charge is 0.464 e. The number of hydrogen-bond acceptors (Lipinski definition) is 6. The molecule has 17 heavy (non-hydrogen) atoms. The predicted molar refractivity (Wildman–Crippen MR) is 64.3 cm³/mol. The van der Waals surface area contributed by atoms with Crippen molar-refractivity contribution in [3.63, 3.8) is 0 Å². The van der Waals surface area contributed by atoms with Crippen LogP contribution in [0.3, 0.4) is 0 Å². The fourth-order valence-electron chi connectivity index (χ4n) is 1.77. The minimum Gasteiger partial charge on any atom is -0.464 e. The average Bonchev–Trinajstić information content (AvgIpc) is 2.87. The molecule has 1 saturated heterocycles. The summed E-state index contributed by atoms with van der Waals surface area (Å²) in [5, 5.41) is 2.57. The third kappa shape index (κ3) is 2.83. The standard InChI is InChI=1S/C11H16N2O3S/c1-3-13-4-5-16-9(6-13)10-12-8(7-17-10)11(14)15-2/h7,9H,3-6H2,1-2H3. The Hall–Kier alpha value is -0.980. The molecule has 0 N–H and O–H groups in total. The second-order valence-electron chi connectivity index (χ2n) is 3.82. The van der Waals surface area contributed by atoms with Gasteiger partial charge in [-0.1, -0.05) is 6.92 Å². The summed E-state index contributed by atoms with van der Waals surface area (Å²) in [5.74, 6) is -0.393. The minimum atomic E-state index is -0.393. The molecule has 1 unspecified atom stereocenters. The molecule has 6 heteroatoms. The van der Waals surface area contributed by atoms with Crippen LogP contribution in [0.2, 0.25) is 0 Å². The highest BCUT2D eigenvalue weighted by molar-refractivity contribution is 7.09. The lowest BCUT2D eigenvalue weighted by molar-refractivity contribution is -0.0283. The number of nitrogens with zero attached hydrogens (tertiary/aromatic N) is 2. The van der Waals surface area contributed by atoms with Crippen molar-refractivity contribution in [2.24, 2.45) is 0 Å². The molecule has 0 spiro atoms. The zero-order valence-corrected chi connectivity index (χ0v) is 10.8. The lowest BCUT2D eigenvalue weighted by Gasteiger charge is -2.30. The molecule has 1 aromatic rings. The first-order chi connectivity index (χ1) is 8.24. The third-order valence-corrected chi connectivity index (χ3v) is 3.73. The van der Waals surface area contributed by atoms with Gasteiger partial charge in [-0.05, 0) is 6.54 Å². The molecule has 1 aliphatic heterocycles. The molecule has 5 nitrogen and oxygen atoms in total. The maximum absolute atomic E-state index is 11.3. The molecule has 1 aromatic heterocycles. The number of carbonyl (C=O) groups is 1. The number of aromatic nitrogens is 1. The van der Waals surface area contributed by atoms with Gasteiger partial charge in [0.25, 0.3) is 0 Å². The minimum absolute atomic E-state index is 0.0212. The molecule has 0 amide bonds. The average molecular weight is 256 g/mol. The second-order valence-corrected chi connectivity index (χ2v) is 4.70. The van der Waals surface area contributed by atoms with E-state index < -0.39 is 5.97 Å². The highest BCUT2D eigenvalue weighted by Gasteiger charge is 2.24. The molecule has 2 heterocycles. The summed E-state index contributed by atoms with van der Waals surface area (Å²) in [6.45, 7) is 5.65. The molecule has 1 aliphatic rings. The summed E-state index contributed by atoms with van der Waals surface area (Å²) in [7, 11) is 1.36. The van der Waals surface area contributed by atoms with Crippen LogP contribution in [-0.2, 0) is 9.47 Å². The van der Waals surface area contributed by atoms with E-state index >= 15 is 0 Å². The number of thiazole rings is 1. The van der Waals surface area contributed by atoms with Gasteiger partial charge in [-0.3, -0.25) is 4.90 Å². The number of ether oxygens (including phenoxy) is 2. The second kappa shape index (κ2) is 5.57. The van der Waals surface area contributed by atoms with Crippen molar-refractivity contribution >= 4 is 17.3 Å². The Balaban J connectivity index is 2.06. The number of hydrogen-bond donors (Lipinski definition) is 0. The molecular weight excluding hydrogens is 240 g/mol. The van der Waals surface area contributed by atoms with E-state index in [9.17, 15) is 4.79 Å². The summed E-state index contributed by atoms with van der Waals surface area (Å²) >= 11 is 1.45. The van der Waals surface area contributed by atoms with Crippen molar-refractivity contribution in [1.82, 2.24) is 9.88 Å². The number of esters is 1. The van der Waals surface area contributed by atoms with E-state index in [1.54, 1.807) is 5.38 Å². The molecule has 1 atom stereocenters. The number of likely N-dealkylation sites (N-methyl/N-ethyl adjacent to an activating group) is 1. The number of methoxy groups -OCH3 is 1. The molecule has 94 valence electrons. The molecule has 0 aromatic carbocycles. The van der Waals surface area contributed by atoms with Gasteiger partial charge in [-0.25, -0.2) is 9.78 Å². The monoisotopic (exact) mass is 256 g/mol. The highest BCUT2D eigenvalue weighted by Crippen LogP contribution is 2.25. The molecule has 2 rings (SSSR count). The quantitative estimate of drug-likeness (QED) is 0.763. The van der Waals surface area contributed by atoms with Gasteiger partial charge in [0.05, 0.1) is 13.7 Å². The fourth-order valence-corrected chi connectivity index (χ4v) is 2.60. The molecule has 0 aliphatic carbocycles. The van der Waals surface area contributed by atoms with Crippen molar-refractivity contribution < 1.29 is 14.3 Å². The van der Waals surface area contributed by atoms with Gasteiger partial charge in [0, 0.05) is 18.5 Å². The van der Waals surface area contributed by atoms with Crippen LogP contribution >= 0.6 is 11.3 Å². The van der Waals surface area contributed by atoms with Crippen molar-refractivity contribution in [3.05, 3.63) is 16.1 Å². The fraction of sp³-hybridized carbons (Fsp3) is 0.636. The Morgan fingerprint density at radius 2 is 2.59 bits per heavy atom. The summed E-state index contributed by atoms with van der Waals surface area (Å²) in [6, 6.07) is 0. The van der Waals surface area contributed by atoms with Gasteiger partial charge >= 0.3 is 5.97 Å². The number of carbonyl (C=O) groups excluding carboxylic acids is 1. The van der Waals surface area contributed by atoms with Crippen molar-refractivity contribution in [2.75, 3.05) is 33.4 Å². The lowest BCUT2D eigenvalue weighted by Crippen LogP contribution is -2.38. The first kappa shape index (κ1) is 12.5. The van der Waals surface area contributed by atoms with E-state index in [2.05, 4.69) is 21.5 Å². The van der Waals surface area contributed by atoms with E-state index in [1.165, 1.54) is 18.4 Å². The smallest absolute Gasteiger partial charge is 0.357 e. The zero-order valence-electron chi connectivity index (χ0n) is 10.0. The topological polar surface area (TPSA) is 51.7 Å². The highest BCUT2D eigenvalue weighted by atomic mass is 32.1. The van der Waals surface area contributed by atoms with Gasteiger partial charge in [0.2, 0.25) is 0 Å². The number of rotatable bonds is 3. The SMILES string of the molecule is CCN1CCOC(c2nc(C(=O)OC)cs2)C1. The summed E-state index contributed by atoms with van der Waals surface area (Å²) in [5.41, 5.74) is 0.365. The van der Waals surface area contributed by atoms with E-state index in [1.807, 2.05) is 0 Å². The Morgan fingerprint density at radius 3 is 3.29 bits per heavy atom. The van der Waals surface area contributed by atoms with Crippen LogP contribution in [0.1, 0.15) is 28.5 Å². The van der Waals surface area contributed by atoms with Crippen LogP contribution in [0.4, 0.5) is 0 Å². The van der Waals surface area contributed by atoms with E-state index in [0.717, 1.165) is 24.6 Å². The zero-order chi connectivity index (χ0) is 12.3. The molecular formula is C11H16N2O3S. The van der Waals surface area contributed by atoms with Crippen LogP contribution in [-0.4, -0.2) is 49.2 Å². The first-order valence-corrected chi connectivity index (χ1v) is 6.50. The molecule has 0 saturated carbocycles. The van der Waals surface area contributed by atoms with Gasteiger partial charge in [0.15, 0.2) is 5.69 Å². The van der Waals surface area contributed by atoms with Crippen LogP contribution in [0.5, 0.6) is 0 Å². The van der Waals surface area contributed by atoms with Crippen LogP contribution in [0.25, 0.3) is 0 Å². The number of morpholine rings is 1. The normalized spacial score (nSPS) is 21.4. The first-order valence-electron chi connectivity index (χ1n) is 5.62. The third-order valence-electron chi connectivity index (χ3n) is 2.79. The van der Waals surface area contributed by atoms with Gasteiger partial charge in [-0.15, -0.1) is 11.3 Å². The maximum Gasteiger partial charge on any atom is 0.357 e. The maximum atomic E-state index is 11.3. The van der Waals surface area contributed by atoms with E-state index in [-0.39, 0.29) is 6.10 Å². The van der Waals surface area contributed by atoms with Gasteiger partial charge < -0.3 is 9.47 Å². The Labute approximate surface area is 104 Å². The van der Waals surface area contributed by atoms with Crippen molar-refractivity contribution in [2.45, 2.75) is 13.0 Å². The van der Waals surface area contributed by atoms with E-state index in [0.29, 0.717) is 12.3 Å². The molecule has 1 fully saturated rings. The predicted octanol–water partition coefficient (Wildman–Crippen LogP) is 1.32. The summed E-state index contributed by atoms with van der Waals surface area (Å²) in [6.07, 6.45) is -0.0212. The lowest BCUT2D eigenvalue weighted by atomic mass is 10.3.